The van der Waals surface area contributed by atoms with Gasteiger partial charge in [-0.25, -0.2) is 0 Å². The molecule has 0 radical (unpaired) electrons. The van der Waals surface area contributed by atoms with E-state index in [0.29, 0.717) is 0 Å². The molecule has 0 amide bonds. The molecule has 1 fully saturated rings. The van der Waals surface area contributed by atoms with E-state index < -0.39 is 5.97 Å². The van der Waals surface area contributed by atoms with Crippen molar-refractivity contribution in [1.29, 1.82) is 0 Å². The van der Waals surface area contributed by atoms with E-state index in [9.17, 15) is 0 Å². The second-order valence-electron chi connectivity index (χ2n) is 4.73. The molecule has 100 valence electrons. The Kier molecular flexibility index (Phi) is 7.02. The van der Waals surface area contributed by atoms with Gasteiger partial charge in [0.2, 0.25) is 0 Å². The largest absolute Gasteiger partial charge is 0.481 e. The molecule has 1 aliphatic rings. The van der Waals surface area contributed by atoms with Crippen molar-refractivity contribution in [1.82, 2.24) is 0 Å². The lowest BCUT2D eigenvalue weighted by Crippen LogP contribution is -2.04. The maximum Gasteiger partial charge on any atom is 0.300 e. The molecule has 0 bridgehead atoms. The van der Waals surface area contributed by atoms with Crippen molar-refractivity contribution in [2.45, 2.75) is 50.3 Å². The Hall–Kier alpha value is -0.830. The number of carboxylic acid groups (broad SMARTS) is 1. The maximum absolute atomic E-state index is 9.00. The monoisotopic (exact) mass is 312 g/mol. The van der Waals surface area contributed by atoms with Gasteiger partial charge in [-0.15, -0.1) is 0 Å². The third-order valence-electron chi connectivity index (χ3n) is 3.21. The van der Waals surface area contributed by atoms with E-state index in [4.69, 9.17) is 9.90 Å². The molecule has 0 unspecified atom stereocenters. The summed E-state index contributed by atoms with van der Waals surface area (Å²) < 4.78 is 0. The Morgan fingerprint density at radius 1 is 1.22 bits per heavy atom. The Morgan fingerprint density at radius 3 is 2.17 bits per heavy atom. The Balaban J connectivity index is 0.000000357. The summed E-state index contributed by atoms with van der Waals surface area (Å²) >= 11 is 3.48. The molecule has 1 aromatic carbocycles. The van der Waals surface area contributed by atoms with Gasteiger partial charge in [-0.3, -0.25) is 4.79 Å². The van der Waals surface area contributed by atoms with Crippen molar-refractivity contribution in [2.75, 3.05) is 0 Å². The average molecular weight is 313 g/mol. The van der Waals surface area contributed by atoms with E-state index in [0.717, 1.165) is 18.2 Å². The summed E-state index contributed by atoms with van der Waals surface area (Å²) in [7, 11) is 0. The molecule has 0 aliphatic heterocycles. The van der Waals surface area contributed by atoms with Crippen molar-refractivity contribution in [3.8, 4) is 0 Å². The van der Waals surface area contributed by atoms with Gasteiger partial charge in [-0.05, 0) is 29.9 Å². The normalized spacial score (nSPS) is 15.7. The van der Waals surface area contributed by atoms with Crippen LogP contribution in [0.25, 0.3) is 0 Å². The zero-order valence-electron chi connectivity index (χ0n) is 10.9. The fourth-order valence-corrected chi connectivity index (χ4v) is 2.69. The minimum Gasteiger partial charge on any atom is -0.481 e. The summed E-state index contributed by atoms with van der Waals surface area (Å²) in [6, 6.07) is 9.12. The molecule has 0 spiro atoms. The number of halogens is 1. The van der Waals surface area contributed by atoms with Crippen LogP contribution in [0.4, 0.5) is 0 Å². The number of aliphatic carboxylic acids is 1. The van der Waals surface area contributed by atoms with Crippen LogP contribution in [0.15, 0.2) is 24.3 Å². The Bertz CT molecular complexity index is 349. The van der Waals surface area contributed by atoms with Crippen LogP contribution in [-0.2, 0) is 10.1 Å². The highest BCUT2D eigenvalue weighted by Gasteiger charge is 2.14. The van der Waals surface area contributed by atoms with E-state index in [-0.39, 0.29) is 0 Å². The highest BCUT2D eigenvalue weighted by molar-refractivity contribution is 9.08. The van der Waals surface area contributed by atoms with Gasteiger partial charge in [-0.1, -0.05) is 59.5 Å². The van der Waals surface area contributed by atoms with Crippen LogP contribution >= 0.6 is 15.9 Å². The molecular formula is C15H21BrO2. The van der Waals surface area contributed by atoms with E-state index in [2.05, 4.69) is 40.2 Å². The van der Waals surface area contributed by atoms with E-state index in [1.165, 1.54) is 37.7 Å². The number of carbonyl (C=O) groups is 1. The zero-order valence-corrected chi connectivity index (χ0v) is 12.4. The second-order valence-corrected chi connectivity index (χ2v) is 5.29. The summed E-state index contributed by atoms with van der Waals surface area (Å²) in [4.78, 5) is 9.00. The third kappa shape index (κ3) is 5.67. The fraction of sp³-hybridized carbons (Fsp3) is 0.533. The molecule has 1 saturated carbocycles. The first kappa shape index (κ1) is 15.2. The van der Waals surface area contributed by atoms with Crippen LogP contribution in [0.2, 0.25) is 0 Å². The number of hydrogen-bond acceptors (Lipinski definition) is 1. The summed E-state index contributed by atoms with van der Waals surface area (Å²) in [6.07, 6.45) is 7.08. The minimum atomic E-state index is -0.833. The van der Waals surface area contributed by atoms with Crippen LogP contribution in [-0.4, -0.2) is 11.1 Å². The van der Waals surface area contributed by atoms with Gasteiger partial charge in [0, 0.05) is 12.3 Å². The first-order chi connectivity index (χ1) is 8.63. The molecule has 18 heavy (non-hydrogen) atoms. The number of benzene rings is 1. The topological polar surface area (TPSA) is 37.3 Å². The lowest BCUT2D eigenvalue weighted by atomic mass is 9.84. The first-order valence-electron chi connectivity index (χ1n) is 6.48. The van der Waals surface area contributed by atoms with Crippen molar-refractivity contribution in [3.05, 3.63) is 35.4 Å². The fourth-order valence-electron chi connectivity index (χ4n) is 2.31. The molecule has 1 aliphatic carbocycles. The van der Waals surface area contributed by atoms with Gasteiger partial charge in [0.25, 0.3) is 5.97 Å². The van der Waals surface area contributed by atoms with Gasteiger partial charge in [0.1, 0.15) is 0 Å². The van der Waals surface area contributed by atoms with Crippen LogP contribution in [0.5, 0.6) is 0 Å². The predicted molar refractivity (Wildman–Crippen MR) is 78.2 cm³/mol. The molecule has 0 aromatic heterocycles. The van der Waals surface area contributed by atoms with Crippen LogP contribution in [0, 0.1) is 0 Å². The number of carboxylic acids is 1. The lowest BCUT2D eigenvalue weighted by Gasteiger charge is -2.21. The predicted octanol–water partition coefficient (Wildman–Crippen LogP) is 4.72. The van der Waals surface area contributed by atoms with Gasteiger partial charge in [-0.2, -0.15) is 0 Å². The van der Waals surface area contributed by atoms with E-state index >= 15 is 0 Å². The molecule has 1 N–H and O–H groups in total. The summed E-state index contributed by atoms with van der Waals surface area (Å²) in [6.45, 7) is 1.08. The Labute approximate surface area is 118 Å². The number of rotatable bonds is 2. The number of alkyl halides is 1. The second kappa shape index (κ2) is 8.30. The summed E-state index contributed by atoms with van der Waals surface area (Å²) in [5, 5.41) is 8.39. The summed E-state index contributed by atoms with van der Waals surface area (Å²) in [5.74, 6) is 0.00752. The first-order valence-corrected chi connectivity index (χ1v) is 7.60. The van der Waals surface area contributed by atoms with Crippen LogP contribution in [0.3, 0.4) is 0 Å². The molecular weight excluding hydrogens is 292 g/mol. The van der Waals surface area contributed by atoms with E-state index in [1.54, 1.807) is 5.56 Å². The minimum absolute atomic E-state index is 0.833. The van der Waals surface area contributed by atoms with Gasteiger partial charge in [0.05, 0.1) is 0 Å². The number of hydrogen-bond donors (Lipinski definition) is 1. The maximum atomic E-state index is 9.00. The summed E-state index contributed by atoms with van der Waals surface area (Å²) in [5.41, 5.74) is 2.93. The molecule has 3 heteroatoms. The molecule has 1 aromatic rings. The lowest BCUT2D eigenvalue weighted by molar-refractivity contribution is -0.134. The smallest absolute Gasteiger partial charge is 0.300 e. The van der Waals surface area contributed by atoms with Crippen LogP contribution in [0.1, 0.15) is 56.1 Å². The molecule has 2 nitrogen and oxygen atoms in total. The third-order valence-corrected chi connectivity index (χ3v) is 3.86. The van der Waals surface area contributed by atoms with Crippen LogP contribution < -0.4 is 0 Å². The van der Waals surface area contributed by atoms with Gasteiger partial charge in [0.15, 0.2) is 0 Å². The molecule has 2 rings (SSSR count). The zero-order chi connectivity index (χ0) is 13.4. The SMILES string of the molecule is BrCc1ccc(C2CCCCC2)cc1.CC(=O)O. The quantitative estimate of drug-likeness (QED) is 0.802. The standard InChI is InChI=1S/C13H17Br.C2H4O2/c14-10-11-6-8-13(9-7-11)12-4-2-1-3-5-12;1-2(3)4/h6-9,12H,1-5,10H2;1H3,(H,3,4). The molecule has 0 saturated heterocycles. The average Bonchev–Trinajstić information content (AvgIpc) is 2.39. The highest BCUT2D eigenvalue weighted by Crippen LogP contribution is 2.32. The van der Waals surface area contributed by atoms with Gasteiger partial charge >= 0.3 is 0 Å². The van der Waals surface area contributed by atoms with Gasteiger partial charge < -0.3 is 5.11 Å². The molecule has 0 heterocycles. The highest BCUT2D eigenvalue weighted by atomic mass is 79.9. The Morgan fingerprint density at radius 2 is 1.72 bits per heavy atom. The molecule has 0 atom stereocenters. The van der Waals surface area contributed by atoms with Crippen molar-refractivity contribution in [2.24, 2.45) is 0 Å². The van der Waals surface area contributed by atoms with Crippen molar-refractivity contribution >= 4 is 21.9 Å². The van der Waals surface area contributed by atoms with Crippen molar-refractivity contribution in [3.63, 3.8) is 0 Å². The van der Waals surface area contributed by atoms with Crippen molar-refractivity contribution < 1.29 is 9.90 Å². The van der Waals surface area contributed by atoms with E-state index in [1.807, 2.05) is 0 Å².